The second-order valence-corrected chi connectivity index (χ2v) is 1.01. The summed E-state index contributed by atoms with van der Waals surface area (Å²) in [6.45, 7) is 0. The Balaban J connectivity index is 3.11. The summed E-state index contributed by atoms with van der Waals surface area (Å²) in [4.78, 5) is 0. The van der Waals surface area contributed by atoms with Crippen LogP contribution in [0.1, 0.15) is 0 Å². The minimum atomic E-state index is 0.596. The molecule has 0 unspecified atom stereocenters. The molecule has 0 fully saturated rings. The van der Waals surface area contributed by atoms with E-state index in [9.17, 15) is 0 Å². The number of rotatable bonds is 0. The van der Waals surface area contributed by atoms with Crippen LogP contribution in [-0.2, 0) is 11.4 Å². The summed E-state index contributed by atoms with van der Waals surface area (Å²) in [5, 5.41) is 0. The minimum absolute atomic E-state index is 0.596. The van der Waals surface area contributed by atoms with Crippen molar-refractivity contribution in [2.24, 2.45) is 3.77 Å². The third-order valence-electron chi connectivity index (χ3n) is 0.0408. The second kappa shape index (κ2) is 3.17. The van der Waals surface area contributed by atoms with E-state index in [1.807, 2.05) is 0 Å². The van der Waals surface area contributed by atoms with Crippen LogP contribution in [0.15, 0.2) is 3.77 Å². The molecule has 0 radical (unpaired) electrons. The smallest absolute Gasteiger partial charge is 0.0671 e. The maximum Gasteiger partial charge on any atom is 0.0671 e. The minimum Gasteiger partial charge on any atom is -0.229 e. The van der Waals surface area contributed by atoms with Gasteiger partial charge in [-0.05, 0) is 12.8 Å². The molecule has 2 nitrogen and oxygen atoms in total. The molecule has 4 heavy (non-hydrogen) atoms. The van der Waals surface area contributed by atoms with E-state index in [1.165, 1.54) is 0 Å². The summed E-state index contributed by atoms with van der Waals surface area (Å²) in [7, 11) is 0. The van der Waals surface area contributed by atoms with Crippen molar-refractivity contribution < 1.29 is 0 Å². The van der Waals surface area contributed by atoms with Gasteiger partial charge in [-0.25, -0.2) is 4.78 Å². The Kier molecular flexibility index (Phi) is 3.30. The zero-order valence-electron chi connectivity index (χ0n) is 1.80. The fourth-order valence-electron chi connectivity index (χ4n) is 0. The highest BCUT2D eigenvalue weighted by Gasteiger charge is 1.24. The van der Waals surface area contributed by atoms with Gasteiger partial charge < -0.3 is 0 Å². The Labute approximate surface area is 33.5 Å². The fourth-order valence-corrected chi connectivity index (χ4v) is 0. The van der Waals surface area contributed by atoms with Crippen molar-refractivity contribution in [2.45, 2.75) is 0 Å². The first-order valence-corrected chi connectivity index (χ1v) is 1.76. The van der Waals surface area contributed by atoms with E-state index in [0.717, 1.165) is 0 Å². The number of hydrogen-bond acceptors (Lipinski definition) is 2. The van der Waals surface area contributed by atoms with Gasteiger partial charge in [-0.3, -0.25) is 0 Å². The first-order chi connectivity index (χ1) is 1.91. The van der Waals surface area contributed by atoms with Gasteiger partial charge in [-0.15, -0.1) is 3.77 Å². The predicted molar refractivity (Wildman–Crippen MR) is 21.5 cm³/mol. The van der Waals surface area contributed by atoms with Crippen molar-refractivity contribution in [3.8, 4) is 0 Å². The largest absolute Gasteiger partial charge is 0.229 e. The lowest BCUT2D eigenvalue weighted by Crippen LogP contribution is -1.11. The van der Waals surface area contributed by atoms with Crippen molar-refractivity contribution in [1.29, 1.82) is 4.78 Å². The van der Waals surface area contributed by atoms with E-state index in [-0.39, 0.29) is 0 Å². The van der Waals surface area contributed by atoms with Gasteiger partial charge in [0.05, 0.1) is 11.4 Å². The molecule has 0 atom stereocenters. The molecule has 0 aromatic heterocycles. The van der Waals surface area contributed by atoms with Gasteiger partial charge in [-0.1, -0.05) is 0 Å². The summed E-state index contributed by atoms with van der Waals surface area (Å²) in [6, 6.07) is 0. The third-order valence-corrected chi connectivity index (χ3v) is 0.367. The Hall–Kier alpha value is 0.170. The molecule has 0 aromatic rings. The molecule has 0 saturated carbocycles. The van der Waals surface area contributed by atoms with Crippen LogP contribution in [0.4, 0.5) is 0 Å². The Morgan fingerprint density at radius 3 is 2.25 bits per heavy atom. The van der Waals surface area contributed by atoms with Crippen LogP contribution in [-0.4, -0.2) is 0 Å². The lowest BCUT2D eigenvalue weighted by molar-refractivity contribution is 1.65. The molecular formula is H2N2S2. The van der Waals surface area contributed by atoms with Gasteiger partial charge in [0, 0.05) is 0 Å². The lowest BCUT2D eigenvalue weighted by atomic mass is 13.9. The van der Waals surface area contributed by atoms with Gasteiger partial charge in [0.25, 0.3) is 0 Å². The average Bonchev–Trinajstić information content (AvgIpc) is 1.37. The highest BCUT2D eigenvalue weighted by Crippen LogP contribution is 1.61. The van der Waals surface area contributed by atoms with Gasteiger partial charge in [0.15, 0.2) is 0 Å². The highest BCUT2D eigenvalue weighted by atomic mass is 32.2. The molecule has 0 aliphatic carbocycles. The zero-order valence-corrected chi connectivity index (χ0v) is 3.51. The Morgan fingerprint density at radius 1 is 2.00 bits per heavy atom. The summed E-state index contributed by atoms with van der Waals surface area (Å²) in [5.74, 6) is 0. The van der Waals surface area contributed by atoms with Crippen LogP contribution in [0.2, 0.25) is 0 Å². The summed E-state index contributed by atoms with van der Waals surface area (Å²) >= 11 is 3.92. The van der Waals surface area contributed by atoms with Crippen molar-refractivity contribution in [3.63, 3.8) is 0 Å². The number of nitrogens with one attached hydrogen (secondary N) is 1. The Bertz CT molecular complexity index is 42.0. The fraction of sp³-hybridized carbons (Fsp3) is 0. The number of thiol groups is 1. The van der Waals surface area contributed by atoms with Crippen LogP contribution in [0.25, 0.3) is 0 Å². The molecule has 0 rings (SSSR count). The first kappa shape index (κ1) is 4.17. The zero-order chi connectivity index (χ0) is 3.41. The van der Waals surface area contributed by atoms with E-state index >= 15 is 0 Å². The average molecular weight is 94.2 g/mol. The molecule has 0 bridgehead atoms. The molecule has 0 aliphatic rings. The first-order valence-electron chi connectivity index (χ1n) is 0.587. The van der Waals surface area contributed by atoms with Crippen LogP contribution in [0, 0.1) is 4.78 Å². The quantitative estimate of drug-likeness (QED) is 0.418. The van der Waals surface area contributed by atoms with Crippen LogP contribution < -0.4 is 0 Å². The SMILES string of the molecule is N=S=NS. The van der Waals surface area contributed by atoms with E-state index in [1.54, 1.807) is 0 Å². The van der Waals surface area contributed by atoms with Crippen molar-refractivity contribution in [1.82, 2.24) is 0 Å². The molecule has 0 heterocycles. The molecule has 0 amide bonds. The van der Waals surface area contributed by atoms with Gasteiger partial charge >= 0.3 is 0 Å². The van der Waals surface area contributed by atoms with Crippen LogP contribution in [0.5, 0.6) is 0 Å². The molecular weight excluding hydrogens is 92.1 g/mol. The van der Waals surface area contributed by atoms with Crippen molar-refractivity contribution in [2.75, 3.05) is 0 Å². The van der Waals surface area contributed by atoms with E-state index in [0.29, 0.717) is 11.4 Å². The Morgan fingerprint density at radius 2 is 2.25 bits per heavy atom. The van der Waals surface area contributed by atoms with Gasteiger partial charge in [-0.2, -0.15) is 0 Å². The molecule has 0 aliphatic heterocycles. The normalized spacial score (nSPS) is 5.25. The van der Waals surface area contributed by atoms with Crippen LogP contribution in [0.3, 0.4) is 0 Å². The molecule has 4 heteroatoms. The van der Waals surface area contributed by atoms with Gasteiger partial charge in [0.2, 0.25) is 0 Å². The van der Waals surface area contributed by atoms with Gasteiger partial charge in [0.1, 0.15) is 0 Å². The predicted octanol–water partition coefficient (Wildman–Crippen LogP) is 0.860. The number of nitrogens with zero attached hydrogens (tertiary/aromatic N) is 1. The maximum absolute atomic E-state index is 6.12. The van der Waals surface area contributed by atoms with E-state index < -0.39 is 0 Å². The third kappa shape index (κ3) is 2.17. The molecule has 1 N–H and O–H groups in total. The van der Waals surface area contributed by atoms with Crippen LogP contribution >= 0.6 is 12.8 Å². The monoisotopic (exact) mass is 94.0 g/mol. The molecule has 0 aromatic carbocycles. The van der Waals surface area contributed by atoms with E-state index in [2.05, 4.69) is 16.6 Å². The highest BCUT2D eigenvalue weighted by molar-refractivity contribution is 7.83. The topological polar surface area (TPSA) is 36.2 Å². The number of hydrogen-bond donors (Lipinski definition) is 2. The lowest BCUT2D eigenvalue weighted by Gasteiger charge is -1.38. The molecule has 24 valence electrons. The standard InChI is InChI=1S/H2N2S2/c1-4-2-3/h1,3H. The summed E-state index contributed by atoms with van der Waals surface area (Å²) in [5.41, 5.74) is 0. The summed E-state index contributed by atoms with van der Waals surface area (Å²) < 4.78 is 9.14. The molecule has 0 saturated heterocycles. The van der Waals surface area contributed by atoms with Crippen molar-refractivity contribution >= 4 is 24.2 Å². The van der Waals surface area contributed by atoms with E-state index in [4.69, 9.17) is 4.78 Å². The van der Waals surface area contributed by atoms with Crippen molar-refractivity contribution in [3.05, 3.63) is 0 Å². The maximum atomic E-state index is 6.12. The summed E-state index contributed by atoms with van der Waals surface area (Å²) in [6.07, 6.45) is 0. The second-order valence-electron chi connectivity index (χ2n) is 0.173. The molecule has 0 spiro atoms.